The molecule has 1 saturated heterocycles. The van der Waals surface area contributed by atoms with Gasteiger partial charge in [0.05, 0.1) is 0 Å². The van der Waals surface area contributed by atoms with E-state index >= 15 is 0 Å². The van der Waals surface area contributed by atoms with Crippen molar-refractivity contribution in [1.82, 2.24) is 10.6 Å². The summed E-state index contributed by atoms with van der Waals surface area (Å²) >= 11 is 5.82. The molecule has 0 unspecified atom stereocenters. The SMILES string of the molecule is CC1(C)CC(NC(=O)COc2ccc(Cl)cc2)CC(C)(C)N1.Cl. The Morgan fingerprint density at radius 3 is 2.26 bits per heavy atom. The Morgan fingerprint density at radius 1 is 1.22 bits per heavy atom. The van der Waals surface area contributed by atoms with Crippen molar-refractivity contribution in [3.63, 3.8) is 0 Å². The molecule has 0 bridgehead atoms. The highest BCUT2D eigenvalue weighted by Gasteiger charge is 2.38. The lowest BCUT2D eigenvalue weighted by molar-refractivity contribution is -0.124. The summed E-state index contributed by atoms with van der Waals surface area (Å²) in [5.74, 6) is 0.555. The number of ether oxygens (including phenoxy) is 1. The molecular formula is C17H26Cl2N2O2. The number of amides is 1. The lowest BCUT2D eigenvalue weighted by Crippen LogP contribution is -2.62. The number of hydrogen-bond donors (Lipinski definition) is 2. The van der Waals surface area contributed by atoms with Crippen LogP contribution >= 0.6 is 24.0 Å². The van der Waals surface area contributed by atoms with Gasteiger partial charge >= 0.3 is 0 Å². The third kappa shape index (κ3) is 6.58. The Bertz CT molecular complexity index is 514. The molecule has 0 spiro atoms. The summed E-state index contributed by atoms with van der Waals surface area (Å²) in [6.07, 6.45) is 1.81. The molecule has 1 aliphatic heterocycles. The Labute approximate surface area is 149 Å². The molecule has 130 valence electrons. The van der Waals surface area contributed by atoms with Crippen LogP contribution in [-0.4, -0.2) is 29.6 Å². The first-order valence-electron chi connectivity index (χ1n) is 7.62. The quantitative estimate of drug-likeness (QED) is 0.862. The van der Waals surface area contributed by atoms with Crippen LogP contribution in [0.2, 0.25) is 5.02 Å². The van der Waals surface area contributed by atoms with Gasteiger partial charge in [0, 0.05) is 22.1 Å². The molecule has 0 aromatic heterocycles. The second-order valence-corrected chi connectivity index (χ2v) is 7.74. The largest absolute Gasteiger partial charge is 0.484 e. The topological polar surface area (TPSA) is 50.4 Å². The molecule has 1 amide bonds. The number of hydrogen-bond acceptors (Lipinski definition) is 3. The minimum Gasteiger partial charge on any atom is -0.484 e. The second-order valence-electron chi connectivity index (χ2n) is 7.31. The Hall–Kier alpha value is -0.970. The average Bonchev–Trinajstić information content (AvgIpc) is 2.34. The monoisotopic (exact) mass is 360 g/mol. The van der Waals surface area contributed by atoms with Crippen LogP contribution < -0.4 is 15.4 Å². The molecule has 23 heavy (non-hydrogen) atoms. The van der Waals surface area contributed by atoms with Crippen molar-refractivity contribution in [1.29, 1.82) is 0 Å². The highest BCUT2D eigenvalue weighted by Crippen LogP contribution is 2.28. The number of rotatable bonds is 4. The van der Waals surface area contributed by atoms with E-state index in [0.29, 0.717) is 10.8 Å². The zero-order valence-electron chi connectivity index (χ0n) is 14.1. The molecule has 1 fully saturated rings. The summed E-state index contributed by atoms with van der Waals surface area (Å²) < 4.78 is 5.48. The highest BCUT2D eigenvalue weighted by atomic mass is 35.5. The summed E-state index contributed by atoms with van der Waals surface area (Å²) in [6.45, 7) is 8.68. The maximum Gasteiger partial charge on any atom is 0.258 e. The van der Waals surface area contributed by atoms with Gasteiger partial charge < -0.3 is 15.4 Å². The van der Waals surface area contributed by atoms with E-state index in [1.54, 1.807) is 24.3 Å². The Balaban J connectivity index is 0.00000264. The fraction of sp³-hybridized carbons (Fsp3) is 0.588. The first kappa shape index (κ1) is 20.1. The smallest absolute Gasteiger partial charge is 0.258 e. The van der Waals surface area contributed by atoms with Crippen molar-refractivity contribution in [2.75, 3.05) is 6.61 Å². The average molecular weight is 361 g/mol. The molecule has 1 aliphatic rings. The van der Waals surface area contributed by atoms with Gasteiger partial charge in [-0.1, -0.05) is 11.6 Å². The van der Waals surface area contributed by atoms with E-state index in [0.717, 1.165) is 12.8 Å². The van der Waals surface area contributed by atoms with Crippen LogP contribution in [0.25, 0.3) is 0 Å². The van der Waals surface area contributed by atoms with Crippen LogP contribution in [0.3, 0.4) is 0 Å². The zero-order valence-corrected chi connectivity index (χ0v) is 15.7. The van der Waals surface area contributed by atoms with Gasteiger partial charge in [0.2, 0.25) is 0 Å². The van der Waals surface area contributed by atoms with Gasteiger partial charge in [-0.2, -0.15) is 0 Å². The number of nitrogens with one attached hydrogen (secondary N) is 2. The van der Waals surface area contributed by atoms with E-state index in [1.807, 2.05) is 0 Å². The van der Waals surface area contributed by atoms with Gasteiger partial charge in [-0.25, -0.2) is 0 Å². The number of carbonyl (C=O) groups is 1. The maximum atomic E-state index is 12.1. The second kappa shape index (κ2) is 7.73. The summed E-state index contributed by atoms with van der Waals surface area (Å²) in [5.41, 5.74) is 0.0213. The first-order valence-corrected chi connectivity index (χ1v) is 8.00. The van der Waals surface area contributed by atoms with Gasteiger partial charge in [0.1, 0.15) is 5.75 Å². The Kier molecular flexibility index (Phi) is 6.75. The van der Waals surface area contributed by atoms with Crippen molar-refractivity contribution < 1.29 is 9.53 Å². The van der Waals surface area contributed by atoms with E-state index in [9.17, 15) is 4.79 Å². The predicted octanol–water partition coefficient (Wildman–Crippen LogP) is 3.57. The number of benzene rings is 1. The summed E-state index contributed by atoms with van der Waals surface area (Å²) in [5, 5.41) is 7.33. The fourth-order valence-corrected chi connectivity index (χ4v) is 3.50. The molecule has 1 heterocycles. The van der Waals surface area contributed by atoms with Crippen molar-refractivity contribution in [2.45, 2.75) is 57.7 Å². The van der Waals surface area contributed by atoms with Crippen LogP contribution in [0.5, 0.6) is 5.75 Å². The van der Waals surface area contributed by atoms with E-state index in [2.05, 4.69) is 38.3 Å². The molecule has 0 saturated carbocycles. The minimum atomic E-state index is -0.0894. The van der Waals surface area contributed by atoms with Crippen LogP contribution in [0, 0.1) is 0 Å². The van der Waals surface area contributed by atoms with E-state index < -0.39 is 0 Å². The van der Waals surface area contributed by atoms with Gasteiger partial charge in [0.25, 0.3) is 5.91 Å². The predicted molar refractivity (Wildman–Crippen MR) is 96.7 cm³/mol. The van der Waals surface area contributed by atoms with Crippen LogP contribution in [0.15, 0.2) is 24.3 Å². The molecule has 1 aromatic rings. The molecule has 6 heteroatoms. The van der Waals surface area contributed by atoms with Crippen LogP contribution in [-0.2, 0) is 4.79 Å². The zero-order chi connectivity index (χ0) is 16.4. The lowest BCUT2D eigenvalue weighted by Gasteiger charge is -2.46. The number of piperidine rings is 1. The third-order valence-corrected chi connectivity index (χ3v) is 3.99. The Morgan fingerprint density at radius 2 is 1.74 bits per heavy atom. The van der Waals surface area contributed by atoms with Crippen LogP contribution in [0.1, 0.15) is 40.5 Å². The van der Waals surface area contributed by atoms with Crippen molar-refractivity contribution in [2.24, 2.45) is 0 Å². The van der Waals surface area contributed by atoms with Crippen molar-refractivity contribution in [3.05, 3.63) is 29.3 Å². The molecular weight excluding hydrogens is 335 g/mol. The lowest BCUT2D eigenvalue weighted by atomic mass is 9.79. The van der Waals surface area contributed by atoms with Crippen LogP contribution in [0.4, 0.5) is 0 Å². The summed E-state index contributed by atoms with van der Waals surface area (Å²) in [7, 11) is 0. The summed E-state index contributed by atoms with van der Waals surface area (Å²) in [6, 6.07) is 7.16. The normalized spacial score (nSPS) is 19.5. The number of carbonyl (C=O) groups excluding carboxylic acids is 1. The van der Waals surface area contributed by atoms with Crippen molar-refractivity contribution in [3.8, 4) is 5.75 Å². The minimum absolute atomic E-state index is 0. The highest BCUT2D eigenvalue weighted by molar-refractivity contribution is 6.30. The van der Waals surface area contributed by atoms with Gasteiger partial charge in [-0.3, -0.25) is 4.79 Å². The fourth-order valence-electron chi connectivity index (χ4n) is 3.37. The summed E-state index contributed by atoms with van der Waals surface area (Å²) in [4.78, 5) is 12.1. The van der Waals surface area contributed by atoms with Gasteiger partial charge in [-0.05, 0) is 64.8 Å². The van der Waals surface area contributed by atoms with E-state index in [1.165, 1.54) is 0 Å². The van der Waals surface area contributed by atoms with Crippen molar-refractivity contribution >= 4 is 29.9 Å². The molecule has 0 aliphatic carbocycles. The first-order chi connectivity index (χ1) is 10.2. The molecule has 1 aromatic carbocycles. The molecule has 4 nitrogen and oxygen atoms in total. The maximum absolute atomic E-state index is 12.1. The van der Waals surface area contributed by atoms with Gasteiger partial charge in [-0.15, -0.1) is 12.4 Å². The third-order valence-electron chi connectivity index (χ3n) is 3.74. The van der Waals surface area contributed by atoms with Gasteiger partial charge in [0.15, 0.2) is 6.61 Å². The van der Waals surface area contributed by atoms with E-state index in [-0.39, 0.29) is 42.0 Å². The molecule has 2 rings (SSSR count). The number of halogens is 2. The van der Waals surface area contributed by atoms with E-state index in [4.69, 9.17) is 16.3 Å². The molecule has 2 N–H and O–H groups in total. The standard InChI is InChI=1S/C17H25ClN2O2.ClH/c1-16(2)9-13(10-17(3,4)20-16)19-15(21)11-22-14-7-5-12(18)6-8-14;/h5-8,13,20H,9-11H2,1-4H3,(H,19,21);1H. The molecule has 0 radical (unpaired) electrons. The molecule has 0 atom stereocenters.